The number of ether oxygens (including phenoxy) is 1. The summed E-state index contributed by atoms with van der Waals surface area (Å²) >= 11 is 1.35. The molecule has 1 rings (SSSR count). The molecule has 1 aromatic heterocycles. The number of hydrogen-bond acceptors (Lipinski definition) is 5. The normalized spacial score (nSPS) is 10.1. The van der Waals surface area contributed by atoms with Crippen molar-refractivity contribution in [2.24, 2.45) is 0 Å². The molecular formula is C10H10N2O2S. The first-order valence-electron chi connectivity index (χ1n) is 4.43. The van der Waals surface area contributed by atoms with Crippen LogP contribution in [0.1, 0.15) is 28.7 Å². The van der Waals surface area contributed by atoms with Gasteiger partial charge in [0.25, 0.3) is 0 Å². The van der Waals surface area contributed by atoms with E-state index in [1.54, 1.807) is 24.6 Å². The van der Waals surface area contributed by atoms with Crippen molar-refractivity contribution in [2.75, 3.05) is 6.61 Å². The van der Waals surface area contributed by atoms with Crippen molar-refractivity contribution in [1.82, 2.24) is 4.98 Å². The van der Waals surface area contributed by atoms with E-state index in [0.717, 1.165) is 4.88 Å². The van der Waals surface area contributed by atoms with E-state index in [-0.39, 0.29) is 0 Å². The van der Waals surface area contributed by atoms with Crippen LogP contribution in [0.15, 0.2) is 11.6 Å². The third-order valence-electron chi connectivity index (χ3n) is 1.54. The van der Waals surface area contributed by atoms with Gasteiger partial charge in [0.05, 0.1) is 29.5 Å². The van der Waals surface area contributed by atoms with Gasteiger partial charge in [0.15, 0.2) is 5.69 Å². The second-order valence-electron chi connectivity index (χ2n) is 2.55. The minimum absolute atomic E-state index is 0.316. The lowest BCUT2D eigenvalue weighted by Crippen LogP contribution is -2.06. The van der Waals surface area contributed by atoms with Crippen LogP contribution < -0.4 is 0 Å². The second kappa shape index (κ2) is 5.94. The fourth-order valence-electron chi connectivity index (χ4n) is 0.945. The molecule has 15 heavy (non-hydrogen) atoms. The molecule has 5 heteroatoms. The molecule has 1 heterocycles. The van der Waals surface area contributed by atoms with Crippen LogP contribution in [0.25, 0.3) is 6.08 Å². The number of esters is 1. The number of carbonyl (C=O) groups excluding carboxylic acids is 1. The Bertz CT molecular complexity index is 404. The standard InChI is InChI=1S/C10H10N2O2S/c1-2-14-10(13)9-8(15-7-12-9)5-3-4-6-11/h3,5,7H,2,4H2,1H3. The summed E-state index contributed by atoms with van der Waals surface area (Å²) in [5.74, 6) is -0.421. The quantitative estimate of drug-likeness (QED) is 0.733. The Balaban J connectivity index is 2.78. The molecule has 0 fully saturated rings. The van der Waals surface area contributed by atoms with Crippen LogP contribution in [0.3, 0.4) is 0 Å². The maximum atomic E-state index is 11.4. The molecule has 0 aliphatic rings. The zero-order valence-electron chi connectivity index (χ0n) is 8.27. The smallest absolute Gasteiger partial charge is 0.358 e. The van der Waals surface area contributed by atoms with Crippen molar-refractivity contribution in [3.05, 3.63) is 22.2 Å². The van der Waals surface area contributed by atoms with Crippen molar-refractivity contribution in [1.29, 1.82) is 5.26 Å². The Labute approximate surface area is 91.8 Å². The summed E-state index contributed by atoms with van der Waals surface area (Å²) in [6, 6.07) is 1.99. The van der Waals surface area contributed by atoms with Crippen LogP contribution in [-0.2, 0) is 4.74 Å². The highest BCUT2D eigenvalue weighted by Crippen LogP contribution is 2.16. The van der Waals surface area contributed by atoms with Crippen molar-refractivity contribution in [3.63, 3.8) is 0 Å². The summed E-state index contributed by atoms with van der Waals surface area (Å²) in [6.45, 7) is 2.08. The van der Waals surface area contributed by atoms with Gasteiger partial charge in [-0.05, 0) is 13.0 Å². The lowest BCUT2D eigenvalue weighted by molar-refractivity contribution is 0.0520. The lowest BCUT2D eigenvalue weighted by Gasteiger charge is -1.98. The number of thiazole rings is 1. The molecule has 78 valence electrons. The topological polar surface area (TPSA) is 63.0 Å². The number of rotatable bonds is 4. The predicted molar refractivity (Wildman–Crippen MR) is 57.3 cm³/mol. The molecule has 0 aliphatic heterocycles. The van der Waals surface area contributed by atoms with Gasteiger partial charge in [0.1, 0.15) is 0 Å². The maximum absolute atomic E-state index is 11.4. The van der Waals surface area contributed by atoms with E-state index in [4.69, 9.17) is 10.00 Å². The molecule has 0 aliphatic carbocycles. The van der Waals surface area contributed by atoms with Crippen LogP contribution in [0.4, 0.5) is 0 Å². The Morgan fingerprint density at radius 3 is 3.27 bits per heavy atom. The maximum Gasteiger partial charge on any atom is 0.358 e. The van der Waals surface area contributed by atoms with Gasteiger partial charge in [-0.25, -0.2) is 9.78 Å². The Morgan fingerprint density at radius 2 is 2.60 bits per heavy atom. The zero-order valence-corrected chi connectivity index (χ0v) is 9.08. The van der Waals surface area contributed by atoms with E-state index < -0.39 is 5.97 Å². The van der Waals surface area contributed by atoms with E-state index in [2.05, 4.69) is 4.98 Å². The highest BCUT2D eigenvalue weighted by atomic mass is 32.1. The molecule has 0 saturated carbocycles. The van der Waals surface area contributed by atoms with Gasteiger partial charge in [0, 0.05) is 0 Å². The monoisotopic (exact) mass is 222 g/mol. The first-order valence-corrected chi connectivity index (χ1v) is 5.31. The van der Waals surface area contributed by atoms with Gasteiger partial charge in [-0.1, -0.05) is 6.08 Å². The molecule has 0 radical (unpaired) electrons. The van der Waals surface area contributed by atoms with Crippen molar-refractivity contribution < 1.29 is 9.53 Å². The summed E-state index contributed by atoms with van der Waals surface area (Å²) in [5, 5.41) is 8.35. The van der Waals surface area contributed by atoms with Crippen LogP contribution in [-0.4, -0.2) is 17.6 Å². The number of aromatic nitrogens is 1. The first kappa shape index (κ1) is 11.4. The molecule has 0 aromatic carbocycles. The average molecular weight is 222 g/mol. The average Bonchev–Trinajstić information content (AvgIpc) is 2.67. The van der Waals surface area contributed by atoms with Crippen LogP contribution >= 0.6 is 11.3 Å². The zero-order chi connectivity index (χ0) is 11.1. The highest BCUT2D eigenvalue weighted by Gasteiger charge is 2.13. The molecule has 0 amide bonds. The third-order valence-corrected chi connectivity index (χ3v) is 2.34. The predicted octanol–water partition coefficient (Wildman–Crippen LogP) is 2.25. The van der Waals surface area contributed by atoms with E-state index >= 15 is 0 Å². The third kappa shape index (κ3) is 3.18. The number of nitrogens with zero attached hydrogens (tertiary/aromatic N) is 2. The molecule has 0 spiro atoms. The number of carbonyl (C=O) groups is 1. The van der Waals surface area contributed by atoms with Gasteiger partial charge >= 0.3 is 5.97 Å². The van der Waals surface area contributed by atoms with E-state index in [1.807, 2.05) is 6.07 Å². The minimum Gasteiger partial charge on any atom is -0.461 e. The Kier molecular flexibility index (Phi) is 4.51. The first-order chi connectivity index (χ1) is 7.29. The molecule has 1 aromatic rings. The molecule has 0 saturated heterocycles. The molecular weight excluding hydrogens is 212 g/mol. The van der Waals surface area contributed by atoms with E-state index in [9.17, 15) is 4.79 Å². The lowest BCUT2D eigenvalue weighted by atomic mass is 10.3. The Morgan fingerprint density at radius 1 is 1.80 bits per heavy atom. The van der Waals surface area contributed by atoms with Gasteiger partial charge in [-0.3, -0.25) is 0 Å². The summed E-state index contributed by atoms with van der Waals surface area (Å²) in [7, 11) is 0. The fraction of sp³-hybridized carbons (Fsp3) is 0.300. The summed E-state index contributed by atoms with van der Waals surface area (Å²) in [5.41, 5.74) is 1.90. The summed E-state index contributed by atoms with van der Waals surface area (Å²) in [4.78, 5) is 16.0. The van der Waals surface area contributed by atoms with Gasteiger partial charge < -0.3 is 4.74 Å². The largest absolute Gasteiger partial charge is 0.461 e. The number of nitriles is 1. The molecule has 0 N–H and O–H groups in total. The molecule has 4 nitrogen and oxygen atoms in total. The van der Waals surface area contributed by atoms with Gasteiger partial charge in [-0.15, -0.1) is 11.3 Å². The molecule has 0 bridgehead atoms. The van der Waals surface area contributed by atoms with Crippen LogP contribution in [0, 0.1) is 11.3 Å². The van der Waals surface area contributed by atoms with Gasteiger partial charge in [0.2, 0.25) is 0 Å². The van der Waals surface area contributed by atoms with Crippen LogP contribution in [0.2, 0.25) is 0 Å². The summed E-state index contributed by atoms with van der Waals surface area (Å²) < 4.78 is 4.84. The second-order valence-corrected chi connectivity index (χ2v) is 3.44. The molecule has 0 atom stereocenters. The SMILES string of the molecule is CCOC(=O)c1ncsc1C=CCC#N. The molecule has 0 unspecified atom stereocenters. The van der Waals surface area contributed by atoms with Crippen molar-refractivity contribution >= 4 is 23.4 Å². The van der Waals surface area contributed by atoms with Crippen LogP contribution in [0.5, 0.6) is 0 Å². The van der Waals surface area contributed by atoms with E-state index in [0.29, 0.717) is 18.7 Å². The van der Waals surface area contributed by atoms with Crippen molar-refractivity contribution in [2.45, 2.75) is 13.3 Å². The number of allylic oxidation sites excluding steroid dienone is 1. The number of hydrogen-bond donors (Lipinski definition) is 0. The van der Waals surface area contributed by atoms with Gasteiger partial charge in [-0.2, -0.15) is 5.26 Å². The van der Waals surface area contributed by atoms with Crippen molar-refractivity contribution in [3.8, 4) is 6.07 Å². The highest BCUT2D eigenvalue weighted by molar-refractivity contribution is 7.10. The summed E-state index contributed by atoms with van der Waals surface area (Å²) in [6.07, 6.45) is 3.73. The Hall–Kier alpha value is -1.67. The van der Waals surface area contributed by atoms with E-state index in [1.165, 1.54) is 11.3 Å². The fourth-order valence-corrected chi connectivity index (χ4v) is 1.64. The minimum atomic E-state index is -0.421.